The number of hydrogen-bond donors (Lipinski definition) is 2. The fraction of sp³-hybridized carbons (Fsp3) is 0.750. The second-order valence-electron chi connectivity index (χ2n) is 4.49. The Hall–Kier alpha value is -1.05. The lowest BCUT2D eigenvalue weighted by Gasteiger charge is -2.32. The number of nitrogens with zero attached hydrogens (tertiary/aromatic N) is 1. The maximum absolute atomic E-state index is 10.7. The number of rotatable bonds is 5. The fourth-order valence-corrected chi connectivity index (χ4v) is 2.15. The monoisotopic (exact) mass is 223 g/mol. The Kier molecular flexibility index (Phi) is 5.30. The number of nitrogens with two attached hydrogens (primary N) is 1. The lowest BCUT2D eigenvalue weighted by atomic mass is 10.0. The lowest BCUT2D eigenvalue weighted by Crippen LogP contribution is -2.46. The Balaban J connectivity index is 2.21. The van der Waals surface area contributed by atoms with Gasteiger partial charge in [0.25, 0.3) is 0 Å². The summed E-state index contributed by atoms with van der Waals surface area (Å²) >= 11 is 0. The highest BCUT2D eigenvalue weighted by atomic mass is 16.1. The van der Waals surface area contributed by atoms with Gasteiger partial charge < -0.3 is 11.1 Å². The minimum atomic E-state index is -0.246. The molecule has 3 N–H and O–H groups in total. The summed E-state index contributed by atoms with van der Waals surface area (Å²) in [6, 6.07) is 0.657. The molecule has 0 radical (unpaired) electrons. The largest absolute Gasteiger partial charge is 0.370 e. The van der Waals surface area contributed by atoms with Crippen LogP contribution in [0, 0.1) is 12.3 Å². The highest BCUT2D eigenvalue weighted by Crippen LogP contribution is 2.10. The third-order valence-electron chi connectivity index (χ3n) is 2.93. The topological polar surface area (TPSA) is 58.4 Å². The van der Waals surface area contributed by atoms with Crippen molar-refractivity contribution in [1.82, 2.24) is 10.2 Å². The first-order chi connectivity index (χ1) is 7.61. The Morgan fingerprint density at radius 2 is 2.25 bits per heavy atom. The van der Waals surface area contributed by atoms with Crippen molar-refractivity contribution in [2.75, 3.05) is 19.6 Å². The maximum Gasteiger partial charge on any atom is 0.218 e. The van der Waals surface area contributed by atoms with E-state index in [1.807, 2.05) is 6.92 Å². The molecule has 90 valence electrons. The maximum atomic E-state index is 10.7. The van der Waals surface area contributed by atoms with Gasteiger partial charge in [-0.3, -0.25) is 9.69 Å². The molecule has 0 saturated carbocycles. The molecule has 1 unspecified atom stereocenters. The van der Waals surface area contributed by atoms with Crippen molar-refractivity contribution in [3.05, 3.63) is 0 Å². The SMILES string of the molecule is C#CCN1CCC(NC(C)CC(N)=O)CC1. The van der Waals surface area contributed by atoms with Crippen LogP contribution in [0.4, 0.5) is 0 Å². The van der Waals surface area contributed by atoms with Gasteiger partial charge in [0.1, 0.15) is 0 Å². The van der Waals surface area contributed by atoms with Crippen LogP contribution >= 0.6 is 0 Å². The van der Waals surface area contributed by atoms with Gasteiger partial charge in [-0.25, -0.2) is 0 Å². The number of carbonyl (C=O) groups is 1. The van der Waals surface area contributed by atoms with Gasteiger partial charge in [0.2, 0.25) is 5.91 Å². The molecule has 1 saturated heterocycles. The summed E-state index contributed by atoms with van der Waals surface area (Å²) in [6.45, 7) is 4.80. The molecule has 1 atom stereocenters. The Morgan fingerprint density at radius 1 is 1.62 bits per heavy atom. The van der Waals surface area contributed by atoms with Crippen LogP contribution in [-0.2, 0) is 4.79 Å². The van der Waals surface area contributed by atoms with Crippen LogP contribution in [0.5, 0.6) is 0 Å². The predicted octanol–water partition coefficient (Wildman–Crippen LogP) is -0.0625. The molecule has 0 aromatic rings. The summed E-state index contributed by atoms with van der Waals surface area (Å²) in [4.78, 5) is 13.0. The molecule has 1 aliphatic rings. The van der Waals surface area contributed by atoms with E-state index in [0.29, 0.717) is 12.5 Å². The molecule has 1 heterocycles. The van der Waals surface area contributed by atoms with Crippen molar-refractivity contribution >= 4 is 5.91 Å². The second kappa shape index (κ2) is 6.51. The normalized spacial score (nSPS) is 20.2. The zero-order valence-electron chi connectivity index (χ0n) is 9.91. The van der Waals surface area contributed by atoms with Crippen molar-refractivity contribution in [2.45, 2.75) is 38.3 Å². The van der Waals surface area contributed by atoms with Crippen LogP contribution in [0.2, 0.25) is 0 Å². The smallest absolute Gasteiger partial charge is 0.218 e. The van der Waals surface area contributed by atoms with Crippen LogP contribution in [0.25, 0.3) is 0 Å². The molecule has 1 rings (SSSR count). The minimum Gasteiger partial charge on any atom is -0.370 e. The van der Waals surface area contributed by atoms with E-state index >= 15 is 0 Å². The zero-order valence-corrected chi connectivity index (χ0v) is 9.91. The lowest BCUT2D eigenvalue weighted by molar-refractivity contribution is -0.118. The first kappa shape index (κ1) is 13.0. The molecule has 0 aromatic heterocycles. The van der Waals surface area contributed by atoms with Crippen molar-refractivity contribution in [3.63, 3.8) is 0 Å². The number of terminal acetylenes is 1. The second-order valence-corrected chi connectivity index (χ2v) is 4.49. The van der Waals surface area contributed by atoms with Crippen LogP contribution in [0.3, 0.4) is 0 Å². The molecule has 1 fully saturated rings. The quantitative estimate of drug-likeness (QED) is 0.642. The third-order valence-corrected chi connectivity index (χ3v) is 2.93. The van der Waals surface area contributed by atoms with Crippen molar-refractivity contribution < 1.29 is 4.79 Å². The summed E-state index contributed by atoms with van der Waals surface area (Å²) in [5.41, 5.74) is 5.15. The number of hydrogen-bond acceptors (Lipinski definition) is 3. The molecule has 1 aliphatic heterocycles. The van der Waals surface area contributed by atoms with E-state index in [1.165, 1.54) is 0 Å². The minimum absolute atomic E-state index is 0.168. The molecule has 0 aliphatic carbocycles. The van der Waals surface area contributed by atoms with Crippen LogP contribution in [0.1, 0.15) is 26.2 Å². The summed E-state index contributed by atoms with van der Waals surface area (Å²) in [6.07, 6.45) is 7.85. The average Bonchev–Trinajstić information content (AvgIpc) is 2.20. The molecular formula is C12H21N3O. The summed E-state index contributed by atoms with van der Waals surface area (Å²) in [5, 5.41) is 3.43. The van der Waals surface area contributed by atoms with E-state index in [4.69, 9.17) is 12.2 Å². The highest BCUT2D eigenvalue weighted by molar-refractivity contribution is 5.74. The molecule has 4 nitrogen and oxygen atoms in total. The van der Waals surface area contributed by atoms with Gasteiger partial charge >= 0.3 is 0 Å². The van der Waals surface area contributed by atoms with Gasteiger partial charge in [-0.15, -0.1) is 6.42 Å². The van der Waals surface area contributed by atoms with Gasteiger partial charge in [0.05, 0.1) is 6.54 Å². The zero-order chi connectivity index (χ0) is 12.0. The molecule has 0 aromatic carbocycles. The summed E-state index contributed by atoms with van der Waals surface area (Å²) < 4.78 is 0. The summed E-state index contributed by atoms with van der Waals surface area (Å²) in [7, 11) is 0. The van der Waals surface area contributed by atoms with Crippen LogP contribution in [0.15, 0.2) is 0 Å². The van der Waals surface area contributed by atoms with Gasteiger partial charge in [0.15, 0.2) is 0 Å². The standard InChI is InChI=1S/C12H21N3O/c1-3-6-15-7-4-11(5-8-15)14-10(2)9-12(13)16/h1,10-11,14H,4-9H2,2H3,(H2,13,16). The van der Waals surface area contributed by atoms with Crippen molar-refractivity contribution in [2.24, 2.45) is 5.73 Å². The van der Waals surface area contributed by atoms with E-state index in [9.17, 15) is 4.79 Å². The van der Waals surface area contributed by atoms with E-state index < -0.39 is 0 Å². The Morgan fingerprint density at radius 3 is 2.75 bits per heavy atom. The van der Waals surface area contributed by atoms with Gasteiger partial charge in [0, 0.05) is 31.6 Å². The fourth-order valence-electron chi connectivity index (χ4n) is 2.15. The molecule has 16 heavy (non-hydrogen) atoms. The summed E-state index contributed by atoms with van der Waals surface area (Å²) in [5.74, 6) is 2.42. The predicted molar refractivity (Wildman–Crippen MR) is 64.7 cm³/mol. The Bertz CT molecular complexity index is 264. The number of primary amides is 1. The van der Waals surface area contributed by atoms with Gasteiger partial charge in [-0.1, -0.05) is 5.92 Å². The van der Waals surface area contributed by atoms with E-state index in [2.05, 4.69) is 16.1 Å². The highest BCUT2D eigenvalue weighted by Gasteiger charge is 2.20. The van der Waals surface area contributed by atoms with Crippen LogP contribution in [-0.4, -0.2) is 42.5 Å². The number of carbonyl (C=O) groups excluding carboxylic acids is 1. The van der Waals surface area contributed by atoms with Crippen molar-refractivity contribution in [1.29, 1.82) is 0 Å². The average molecular weight is 223 g/mol. The first-order valence-electron chi connectivity index (χ1n) is 5.82. The van der Waals surface area contributed by atoms with E-state index in [0.717, 1.165) is 32.5 Å². The first-order valence-corrected chi connectivity index (χ1v) is 5.82. The number of nitrogens with one attached hydrogen (secondary N) is 1. The molecule has 0 spiro atoms. The van der Waals surface area contributed by atoms with Crippen molar-refractivity contribution in [3.8, 4) is 12.3 Å². The molecule has 4 heteroatoms. The van der Waals surface area contributed by atoms with Gasteiger partial charge in [-0.05, 0) is 19.8 Å². The van der Waals surface area contributed by atoms with E-state index in [1.54, 1.807) is 0 Å². The third kappa shape index (κ3) is 4.65. The van der Waals surface area contributed by atoms with E-state index in [-0.39, 0.29) is 11.9 Å². The molecular weight excluding hydrogens is 202 g/mol. The number of likely N-dealkylation sites (tertiary alicyclic amines) is 1. The Labute approximate surface area is 97.6 Å². The number of amides is 1. The van der Waals surface area contributed by atoms with Gasteiger partial charge in [-0.2, -0.15) is 0 Å². The van der Waals surface area contributed by atoms with Crippen LogP contribution < -0.4 is 11.1 Å². The molecule has 1 amide bonds. The molecule has 0 bridgehead atoms. The number of piperidine rings is 1.